The van der Waals surface area contributed by atoms with E-state index >= 15 is 0 Å². The van der Waals surface area contributed by atoms with Crippen molar-refractivity contribution in [2.24, 2.45) is 5.92 Å². The molecular weight excluding hydrogens is 256 g/mol. The third kappa shape index (κ3) is 3.87. The van der Waals surface area contributed by atoms with E-state index in [2.05, 4.69) is 12.2 Å². The third-order valence-electron chi connectivity index (χ3n) is 3.87. The van der Waals surface area contributed by atoms with Gasteiger partial charge < -0.3 is 10.1 Å². The molecule has 2 aliphatic rings. The van der Waals surface area contributed by atoms with Crippen LogP contribution in [0.15, 0.2) is 0 Å². The summed E-state index contributed by atoms with van der Waals surface area (Å²) in [7, 11) is 0. The first-order chi connectivity index (χ1) is 9.28. The van der Waals surface area contributed by atoms with Crippen molar-refractivity contribution in [1.82, 2.24) is 10.2 Å². The van der Waals surface area contributed by atoms with Gasteiger partial charge in [0.2, 0.25) is 5.91 Å². The molecule has 0 radical (unpaired) electrons. The fourth-order valence-corrected chi connectivity index (χ4v) is 2.55. The number of likely N-dealkylation sites (tertiary alicyclic amines) is 1. The van der Waals surface area contributed by atoms with E-state index in [4.69, 9.17) is 4.74 Å². The highest BCUT2D eigenvalue weighted by molar-refractivity contribution is 5.86. The highest BCUT2D eigenvalue weighted by Crippen LogP contribution is 2.30. The van der Waals surface area contributed by atoms with Crippen molar-refractivity contribution in [3.8, 4) is 0 Å². The summed E-state index contributed by atoms with van der Waals surface area (Å²) in [6.45, 7) is 8.26. The molecule has 0 aromatic carbocycles. The van der Waals surface area contributed by atoms with Crippen LogP contribution in [0.2, 0.25) is 0 Å². The molecule has 2 amide bonds. The molecule has 20 heavy (non-hydrogen) atoms. The van der Waals surface area contributed by atoms with Crippen LogP contribution in [-0.2, 0) is 9.53 Å². The van der Waals surface area contributed by atoms with Crippen LogP contribution in [0, 0.1) is 5.92 Å². The fourth-order valence-electron chi connectivity index (χ4n) is 2.55. The highest BCUT2D eigenvalue weighted by atomic mass is 16.6. The first-order valence-corrected chi connectivity index (χ1v) is 7.58. The van der Waals surface area contributed by atoms with Gasteiger partial charge in [0.25, 0.3) is 0 Å². The lowest BCUT2D eigenvalue weighted by atomic mass is 10.0. The first-order valence-electron chi connectivity index (χ1n) is 7.58. The van der Waals surface area contributed by atoms with Gasteiger partial charge in [-0.2, -0.15) is 0 Å². The van der Waals surface area contributed by atoms with Crippen molar-refractivity contribution < 1.29 is 14.3 Å². The summed E-state index contributed by atoms with van der Waals surface area (Å²) < 4.78 is 5.41. The Labute approximate surface area is 121 Å². The van der Waals surface area contributed by atoms with E-state index in [-0.39, 0.29) is 18.0 Å². The predicted molar refractivity (Wildman–Crippen MR) is 76.3 cm³/mol. The topological polar surface area (TPSA) is 58.6 Å². The van der Waals surface area contributed by atoms with E-state index in [9.17, 15) is 9.59 Å². The maximum Gasteiger partial charge on any atom is 0.410 e. The van der Waals surface area contributed by atoms with E-state index in [1.54, 1.807) is 4.90 Å². The summed E-state index contributed by atoms with van der Waals surface area (Å²) in [6, 6.07) is -0.0729. The Morgan fingerprint density at radius 3 is 2.45 bits per heavy atom. The smallest absolute Gasteiger partial charge is 0.410 e. The molecule has 0 aromatic rings. The lowest BCUT2D eigenvalue weighted by Crippen LogP contribution is -2.53. The minimum absolute atomic E-state index is 0.0232. The largest absolute Gasteiger partial charge is 0.444 e. The van der Waals surface area contributed by atoms with Gasteiger partial charge in [0, 0.05) is 12.6 Å². The number of carbonyl (C=O) groups excluding carboxylic acids is 2. The molecular formula is C15H26N2O3. The number of rotatable bonds is 2. The Kier molecular flexibility index (Phi) is 4.25. The normalized spacial score (nSPS) is 29.8. The molecule has 3 atom stereocenters. The lowest BCUT2D eigenvalue weighted by molar-refractivity contribution is -0.127. The Morgan fingerprint density at radius 2 is 1.90 bits per heavy atom. The predicted octanol–water partition coefficient (Wildman–Crippen LogP) is 2.30. The maximum atomic E-state index is 12.3. The SMILES string of the molecule is C[C@@H]1C[C@H]1NC(=O)[C@@H]1CCCCN1C(=O)OC(C)(C)C. The molecule has 5 heteroatoms. The summed E-state index contributed by atoms with van der Waals surface area (Å²) in [5.41, 5.74) is -0.527. The van der Waals surface area contributed by atoms with Crippen molar-refractivity contribution in [2.75, 3.05) is 6.54 Å². The summed E-state index contributed by atoms with van der Waals surface area (Å²) in [5, 5.41) is 3.03. The van der Waals surface area contributed by atoms with Gasteiger partial charge in [-0.05, 0) is 52.4 Å². The van der Waals surface area contributed by atoms with Gasteiger partial charge in [-0.1, -0.05) is 6.92 Å². The molecule has 1 N–H and O–H groups in total. The van der Waals surface area contributed by atoms with Crippen LogP contribution in [0.3, 0.4) is 0 Å². The lowest BCUT2D eigenvalue weighted by Gasteiger charge is -2.35. The zero-order chi connectivity index (χ0) is 14.9. The molecule has 1 saturated carbocycles. The molecule has 2 fully saturated rings. The van der Waals surface area contributed by atoms with E-state index < -0.39 is 5.60 Å². The van der Waals surface area contributed by atoms with E-state index in [1.807, 2.05) is 20.8 Å². The van der Waals surface area contributed by atoms with Gasteiger partial charge in [-0.3, -0.25) is 9.69 Å². The summed E-state index contributed by atoms with van der Waals surface area (Å²) in [4.78, 5) is 26.1. The van der Waals surface area contributed by atoms with Crippen LogP contribution in [-0.4, -0.2) is 41.1 Å². The van der Waals surface area contributed by atoms with Crippen molar-refractivity contribution in [3.05, 3.63) is 0 Å². The maximum absolute atomic E-state index is 12.3. The summed E-state index contributed by atoms with van der Waals surface area (Å²) in [5.74, 6) is 0.544. The molecule has 0 bridgehead atoms. The Bertz CT molecular complexity index is 389. The van der Waals surface area contributed by atoms with Crippen LogP contribution in [0.1, 0.15) is 53.4 Å². The number of hydrogen-bond donors (Lipinski definition) is 1. The second-order valence-electron chi connectivity index (χ2n) is 7.01. The molecule has 5 nitrogen and oxygen atoms in total. The molecule has 0 unspecified atom stereocenters. The van der Waals surface area contributed by atoms with Crippen molar-refractivity contribution in [1.29, 1.82) is 0 Å². The zero-order valence-electron chi connectivity index (χ0n) is 12.9. The van der Waals surface area contributed by atoms with Gasteiger partial charge in [0.15, 0.2) is 0 Å². The molecule has 0 spiro atoms. The number of ether oxygens (including phenoxy) is 1. The molecule has 1 aliphatic heterocycles. The minimum atomic E-state index is -0.527. The van der Waals surface area contributed by atoms with Crippen LogP contribution >= 0.6 is 0 Å². The average Bonchev–Trinajstić information content (AvgIpc) is 3.02. The number of nitrogens with one attached hydrogen (secondary N) is 1. The zero-order valence-corrected chi connectivity index (χ0v) is 12.9. The van der Waals surface area contributed by atoms with Crippen molar-refractivity contribution >= 4 is 12.0 Å². The van der Waals surface area contributed by atoms with Gasteiger partial charge in [0.1, 0.15) is 11.6 Å². The van der Waals surface area contributed by atoms with Crippen LogP contribution in [0.5, 0.6) is 0 Å². The van der Waals surface area contributed by atoms with Crippen molar-refractivity contribution in [2.45, 2.75) is 71.1 Å². The van der Waals surface area contributed by atoms with Crippen molar-refractivity contribution in [3.63, 3.8) is 0 Å². The van der Waals surface area contributed by atoms with Crippen LogP contribution in [0.25, 0.3) is 0 Å². The standard InChI is InChI=1S/C15H26N2O3/c1-10-9-11(10)16-13(18)12-7-5-6-8-17(12)14(19)20-15(2,3)4/h10-12H,5-9H2,1-4H3,(H,16,18)/t10-,11-,12+/m1/s1. The van der Waals surface area contributed by atoms with E-state index in [0.29, 0.717) is 18.5 Å². The van der Waals surface area contributed by atoms with Gasteiger partial charge in [0.05, 0.1) is 0 Å². The summed E-state index contributed by atoms with van der Waals surface area (Å²) >= 11 is 0. The van der Waals surface area contributed by atoms with Gasteiger partial charge in [-0.25, -0.2) is 4.79 Å². The van der Waals surface area contributed by atoms with E-state index in [0.717, 1.165) is 25.7 Å². The number of nitrogens with zero attached hydrogens (tertiary/aromatic N) is 1. The summed E-state index contributed by atoms with van der Waals surface area (Å²) in [6.07, 6.45) is 3.32. The highest BCUT2D eigenvalue weighted by Gasteiger charge is 2.39. The Morgan fingerprint density at radius 1 is 1.25 bits per heavy atom. The quantitative estimate of drug-likeness (QED) is 0.845. The molecule has 114 valence electrons. The second kappa shape index (κ2) is 5.62. The minimum Gasteiger partial charge on any atom is -0.444 e. The number of hydrogen-bond acceptors (Lipinski definition) is 3. The number of piperidine rings is 1. The number of amides is 2. The first kappa shape index (κ1) is 15.1. The van der Waals surface area contributed by atoms with Crippen LogP contribution in [0.4, 0.5) is 4.79 Å². The molecule has 1 aliphatic carbocycles. The average molecular weight is 282 g/mol. The molecule has 0 aromatic heterocycles. The molecule has 1 heterocycles. The molecule has 1 saturated heterocycles. The van der Waals surface area contributed by atoms with Gasteiger partial charge in [-0.15, -0.1) is 0 Å². The fraction of sp³-hybridized carbons (Fsp3) is 0.867. The second-order valence-corrected chi connectivity index (χ2v) is 7.01. The Balaban J connectivity index is 1.97. The van der Waals surface area contributed by atoms with Crippen LogP contribution < -0.4 is 5.32 Å². The number of carbonyl (C=O) groups is 2. The monoisotopic (exact) mass is 282 g/mol. The Hall–Kier alpha value is -1.26. The molecule has 2 rings (SSSR count). The van der Waals surface area contributed by atoms with Gasteiger partial charge >= 0.3 is 6.09 Å². The third-order valence-corrected chi connectivity index (χ3v) is 3.87. The van der Waals surface area contributed by atoms with E-state index in [1.165, 1.54) is 0 Å².